The molecule has 1 aliphatic rings. The van der Waals surface area contributed by atoms with Crippen LogP contribution in [0.1, 0.15) is 40.0 Å². The molecule has 0 radical (unpaired) electrons. The second-order valence-electron chi connectivity index (χ2n) is 4.36. The minimum Gasteiger partial charge on any atom is -0.350 e. The van der Waals surface area contributed by atoms with Crippen molar-refractivity contribution in [2.45, 2.75) is 40.0 Å². The van der Waals surface area contributed by atoms with E-state index in [4.69, 9.17) is 5.73 Å². The molecule has 2 amide bonds. The first-order valence-electron chi connectivity index (χ1n) is 5.29. The molecular weight excluding hydrogens is 190 g/mol. The lowest BCUT2D eigenvalue weighted by molar-refractivity contribution is 0.249. The molecule has 0 aromatic rings. The fourth-order valence-corrected chi connectivity index (χ4v) is 1.86. The third-order valence-corrected chi connectivity index (χ3v) is 2.68. The lowest BCUT2D eigenvalue weighted by Crippen LogP contribution is -2.28. The molecular formula is C11H19N3O. The van der Waals surface area contributed by atoms with Crippen LogP contribution >= 0.6 is 0 Å². The normalized spacial score (nSPS) is 24.1. The highest BCUT2D eigenvalue weighted by molar-refractivity contribution is 6.01. The summed E-state index contributed by atoms with van der Waals surface area (Å²) in [7, 11) is 0. The van der Waals surface area contributed by atoms with Gasteiger partial charge in [-0.25, -0.2) is 10.2 Å². The zero-order valence-corrected chi connectivity index (χ0v) is 9.63. The summed E-state index contributed by atoms with van der Waals surface area (Å²) >= 11 is 0. The molecule has 1 fully saturated rings. The Bertz CT molecular complexity index is 314. The molecule has 4 nitrogen and oxygen atoms in total. The lowest BCUT2D eigenvalue weighted by Gasteiger charge is -2.23. The zero-order chi connectivity index (χ0) is 11.4. The Morgan fingerprint density at radius 2 is 2.20 bits per heavy atom. The minimum atomic E-state index is -0.603. The minimum absolute atomic E-state index is 0.603. The second kappa shape index (κ2) is 4.96. The molecule has 1 saturated carbocycles. The first kappa shape index (κ1) is 11.8. The molecule has 0 unspecified atom stereocenters. The van der Waals surface area contributed by atoms with Crippen molar-refractivity contribution in [3.05, 3.63) is 11.1 Å². The van der Waals surface area contributed by atoms with Gasteiger partial charge < -0.3 is 5.73 Å². The molecule has 15 heavy (non-hydrogen) atoms. The summed E-state index contributed by atoms with van der Waals surface area (Å²) in [6.07, 6.45) is 3.15. The summed E-state index contributed by atoms with van der Waals surface area (Å²) in [5, 5.41) is 4.07. The number of carbonyl (C=O) groups excluding carboxylic acids is 1. The van der Waals surface area contributed by atoms with E-state index >= 15 is 0 Å². The summed E-state index contributed by atoms with van der Waals surface area (Å²) in [5.41, 5.74) is 10.8. The van der Waals surface area contributed by atoms with Crippen LogP contribution in [-0.4, -0.2) is 11.7 Å². The topological polar surface area (TPSA) is 67.5 Å². The van der Waals surface area contributed by atoms with Gasteiger partial charge in [-0.2, -0.15) is 5.10 Å². The lowest BCUT2D eigenvalue weighted by atomic mass is 9.84. The zero-order valence-electron chi connectivity index (χ0n) is 9.63. The van der Waals surface area contributed by atoms with Crippen molar-refractivity contribution in [3.8, 4) is 0 Å². The Morgan fingerprint density at radius 1 is 1.53 bits per heavy atom. The molecule has 84 valence electrons. The Kier molecular flexibility index (Phi) is 3.88. The maximum Gasteiger partial charge on any atom is 0.332 e. The number of allylic oxidation sites excluding steroid dienone is 2. The number of carbonyl (C=O) groups is 1. The van der Waals surface area contributed by atoms with E-state index < -0.39 is 6.03 Å². The van der Waals surface area contributed by atoms with E-state index in [2.05, 4.69) is 31.3 Å². The van der Waals surface area contributed by atoms with Crippen LogP contribution in [0.25, 0.3) is 0 Å². The van der Waals surface area contributed by atoms with Crippen LogP contribution in [-0.2, 0) is 0 Å². The molecule has 0 aromatic carbocycles. The summed E-state index contributed by atoms with van der Waals surface area (Å²) in [6, 6.07) is -0.603. The van der Waals surface area contributed by atoms with Crippen LogP contribution in [0, 0.1) is 5.92 Å². The quantitative estimate of drug-likeness (QED) is 0.638. The smallest absolute Gasteiger partial charge is 0.332 e. The van der Waals surface area contributed by atoms with Crippen LogP contribution in [0.3, 0.4) is 0 Å². The first-order chi connectivity index (χ1) is 7.00. The molecule has 1 atom stereocenters. The van der Waals surface area contributed by atoms with E-state index in [1.165, 1.54) is 17.6 Å². The largest absolute Gasteiger partial charge is 0.350 e. The van der Waals surface area contributed by atoms with Gasteiger partial charge in [0.1, 0.15) is 0 Å². The van der Waals surface area contributed by atoms with Gasteiger partial charge in [-0.3, -0.25) is 0 Å². The number of hydrogen-bond donors (Lipinski definition) is 2. The highest BCUT2D eigenvalue weighted by atomic mass is 16.2. The number of amides is 2. The summed E-state index contributed by atoms with van der Waals surface area (Å²) in [5.74, 6) is 0.626. The van der Waals surface area contributed by atoms with Gasteiger partial charge in [0, 0.05) is 0 Å². The Balaban J connectivity index is 2.84. The van der Waals surface area contributed by atoms with Gasteiger partial charge in [-0.05, 0) is 44.6 Å². The Hall–Kier alpha value is -1.32. The van der Waals surface area contributed by atoms with Crippen LogP contribution in [0.2, 0.25) is 0 Å². The van der Waals surface area contributed by atoms with Crippen LogP contribution < -0.4 is 11.2 Å². The van der Waals surface area contributed by atoms with Crippen LogP contribution in [0.15, 0.2) is 16.2 Å². The molecule has 0 saturated heterocycles. The van der Waals surface area contributed by atoms with Crippen molar-refractivity contribution in [1.82, 2.24) is 5.43 Å². The van der Waals surface area contributed by atoms with E-state index in [1.807, 2.05) is 0 Å². The van der Waals surface area contributed by atoms with E-state index in [-0.39, 0.29) is 0 Å². The SMILES string of the molecule is CC(C)=C1CC[C@@H](C)C/C1=N/NC(N)=O. The predicted octanol–water partition coefficient (Wildman–Crippen LogP) is 2.17. The van der Waals surface area contributed by atoms with Crippen LogP contribution in [0.4, 0.5) is 4.79 Å². The van der Waals surface area contributed by atoms with Gasteiger partial charge in [0.2, 0.25) is 0 Å². The second-order valence-corrected chi connectivity index (χ2v) is 4.36. The molecule has 1 aliphatic carbocycles. The monoisotopic (exact) mass is 209 g/mol. The molecule has 0 aliphatic heterocycles. The maximum atomic E-state index is 10.6. The molecule has 0 bridgehead atoms. The number of nitrogens with one attached hydrogen (secondary N) is 1. The number of nitrogens with two attached hydrogens (primary N) is 1. The van der Waals surface area contributed by atoms with E-state index in [9.17, 15) is 4.79 Å². The number of rotatable bonds is 1. The van der Waals surface area contributed by atoms with Crippen LogP contribution in [0.5, 0.6) is 0 Å². The van der Waals surface area contributed by atoms with Crippen molar-refractivity contribution >= 4 is 11.7 Å². The summed E-state index contributed by atoms with van der Waals surface area (Å²) < 4.78 is 0. The van der Waals surface area contributed by atoms with Crippen molar-refractivity contribution in [2.75, 3.05) is 0 Å². The number of urea groups is 1. The third-order valence-electron chi connectivity index (χ3n) is 2.68. The number of nitrogens with zero attached hydrogens (tertiary/aromatic N) is 1. The Morgan fingerprint density at radius 3 is 2.73 bits per heavy atom. The molecule has 3 N–H and O–H groups in total. The van der Waals surface area contributed by atoms with E-state index in [0.29, 0.717) is 5.92 Å². The van der Waals surface area contributed by atoms with Gasteiger partial charge >= 0.3 is 6.03 Å². The number of primary amides is 1. The third kappa shape index (κ3) is 3.38. The summed E-state index contributed by atoms with van der Waals surface area (Å²) in [6.45, 7) is 6.35. The first-order valence-corrected chi connectivity index (χ1v) is 5.29. The molecule has 4 heteroatoms. The Labute approximate surface area is 90.6 Å². The van der Waals surface area contributed by atoms with Gasteiger partial charge in [0.15, 0.2) is 0 Å². The highest BCUT2D eigenvalue weighted by Gasteiger charge is 2.19. The van der Waals surface area contributed by atoms with Gasteiger partial charge in [0.05, 0.1) is 5.71 Å². The fraction of sp³-hybridized carbons (Fsp3) is 0.636. The fourth-order valence-electron chi connectivity index (χ4n) is 1.86. The van der Waals surface area contributed by atoms with Crippen molar-refractivity contribution in [2.24, 2.45) is 16.8 Å². The number of hydrogen-bond acceptors (Lipinski definition) is 2. The molecule has 0 spiro atoms. The van der Waals surface area contributed by atoms with E-state index in [1.54, 1.807) is 0 Å². The highest BCUT2D eigenvalue weighted by Crippen LogP contribution is 2.27. The maximum absolute atomic E-state index is 10.6. The average Bonchev–Trinajstić information content (AvgIpc) is 2.14. The van der Waals surface area contributed by atoms with Gasteiger partial charge in [-0.1, -0.05) is 12.5 Å². The average molecular weight is 209 g/mol. The predicted molar refractivity (Wildman–Crippen MR) is 61.5 cm³/mol. The molecule has 1 rings (SSSR count). The van der Waals surface area contributed by atoms with Gasteiger partial charge in [0.25, 0.3) is 0 Å². The standard InChI is InChI=1S/C11H19N3O/c1-7(2)9-5-4-8(3)6-10(9)13-14-11(12)15/h8H,4-6H2,1-3H3,(H3,12,14,15)/b13-10-/t8-/m1/s1. The molecule has 0 aromatic heterocycles. The van der Waals surface area contributed by atoms with Crippen molar-refractivity contribution in [1.29, 1.82) is 0 Å². The van der Waals surface area contributed by atoms with Gasteiger partial charge in [-0.15, -0.1) is 0 Å². The summed E-state index contributed by atoms with van der Waals surface area (Å²) in [4.78, 5) is 10.6. The molecule has 0 heterocycles. The van der Waals surface area contributed by atoms with E-state index in [0.717, 1.165) is 18.6 Å². The number of hydrazone groups is 1. The van der Waals surface area contributed by atoms with Crippen molar-refractivity contribution in [3.63, 3.8) is 0 Å². The van der Waals surface area contributed by atoms with Crippen molar-refractivity contribution < 1.29 is 4.79 Å².